The zero-order valence-electron chi connectivity index (χ0n) is 8.10. The molecule has 1 unspecified atom stereocenters. The summed E-state index contributed by atoms with van der Waals surface area (Å²) in [7, 11) is 0. The van der Waals surface area contributed by atoms with Gasteiger partial charge in [0.05, 0.1) is 0 Å². The van der Waals surface area contributed by atoms with Crippen LogP contribution >= 0.6 is 38.9 Å². The summed E-state index contributed by atoms with van der Waals surface area (Å²) in [4.78, 5) is 1.39. The van der Waals surface area contributed by atoms with Crippen LogP contribution in [0, 0.1) is 0 Å². The highest BCUT2D eigenvalue weighted by Gasteiger charge is 2.25. The number of halogens is 2. The number of hydrogen-bond donors (Lipinski definition) is 0. The maximum Gasteiger partial charge on any atom is 0.0319 e. The summed E-state index contributed by atoms with van der Waals surface area (Å²) in [6.45, 7) is 6.52. The molecule has 0 saturated heterocycles. The van der Waals surface area contributed by atoms with Crippen molar-refractivity contribution in [3.05, 3.63) is 20.8 Å². The molecule has 0 bridgehead atoms. The van der Waals surface area contributed by atoms with E-state index in [0.717, 1.165) is 6.42 Å². The smallest absolute Gasteiger partial charge is 0.0319 e. The number of hydrogen-bond acceptors (Lipinski definition) is 1. The molecule has 0 fully saturated rings. The van der Waals surface area contributed by atoms with Crippen LogP contribution in [0.1, 0.15) is 32.1 Å². The first kappa shape index (κ1) is 11.5. The maximum atomic E-state index is 6.02. The third-order valence-electron chi connectivity index (χ3n) is 2.02. The topological polar surface area (TPSA) is 0 Å². The van der Waals surface area contributed by atoms with Crippen molar-refractivity contribution in [3.63, 3.8) is 0 Å². The second-order valence-electron chi connectivity index (χ2n) is 3.97. The Labute approximate surface area is 97.4 Å². The van der Waals surface area contributed by atoms with Crippen molar-refractivity contribution < 1.29 is 0 Å². The van der Waals surface area contributed by atoms with Gasteiger partial charge < -0.3 is 0 Å². The molecule has 3 heteroatoms. The normalized spacial score (nSPS) is 14.5. The van der Waals surface area contributed by atoms with Crippen molar-refractivity contribution >= 4 is 38.9 Å². The van der Waals surface area contributed by atoms with Gasteiger partial charge in [0.1, 0.15) is 0 Å². The Morgan fingerprint density at radius 2 is 2.23 bits per heavy atom. The maximum absolute atomic E-state index is 6.02. The van der Waals surface area contributed by atoms with Crippen molar-refractivity contribution in [2.75, 3.05) is 0 Å². The van der Waals surface area contributed by atoms with Crippen LogP contribution in [0.4, 0.5) is 0 Å². The lowest BCUT2D eigenvalue weighted by atomic mass is 9.86. The quantitative estimate of drug-likeness (QED) is 0.698. The van der Waals surface area contributed by atoms with Gasteiger partial charge in [-0.25, -0.2) is 0 Å². The fraction of sp³-hybridized carbons (Fsp3) is 0.600. The highest BCUT2D eigenvalue weighted by atomic mass is 79.9. The first-order valence-corrected chi connectivity index (χ1v) is 6.42. The molecule has 1 aromatic rings. The summed E-state index contributed by atoms with van der Waals surface area (Å²) < 4.78 is 1.21. The first-order chi connectivity index (χ1) is 5.93. The van der Waals surface area contributed by atoms with Crippen LogP contribution in [0.15, 0.2) is 15.9 Å². The highest BCUT2D eigenvalue weighted by molar-refractivity contribution is 9.10. The average Bonchev–Trinajstić information content (AvgIpc) is 2.32. The molecule has 1 aromatic heterocycles. The highest BCUT2D eigenvalue weighted by Crippen LogP contribution is 2.38. The first-order valence-electron chi connectivity index (χ1n) is 4.31. The Morgan fingerprint density at radius 3 is 2.62 bits per heavy atom. The predicted molar refractivity (Wildman–Crippen MR) is 65.0 cm³/mol. The minimum absolute atomic E-state index is 0.175. The van der Waals surface area contributed by atoms with E-state index in [9.17, 15) is 0 Å². The molecule has 0 N–H and O–H groups in total. The monoisotopic (exact) mass is 280 g/mol. The fourth-order valence-electron chi connectivity index (χ4n) is 1.57. The van der Waals surface area contributed by atoms with Crippen LogP contribution in [-0.2, 0) is 5.41 Å². The molecule has 0 aliphatic rings. The summed E-state index contributed by atoms with van der Waals surface area (Å²) in [5.41, 5.74) is 0.175. The molecule has 0 aliphatic heterocycles. The largest absolute Gasteiger partial charge is 0.147 e. The SMILES string of the molecule is CC(Cl)CC(C)(C)c1sccc1Br. The molecule has 0 saturated carbocycles. The molecule has 0 amide bonds. The summed E-state index contributed by atoms with van der Waals surface area (Å²) in [6.07, 6.45) is 1.01. The van der Waals surface area contributed by atoms with E-state index in [-0.39, 0.29) is 10.8 Å². The lowest BCUT2D eigenvalue weighted by molar-refractivity contribution is 0.484. The van der Waals surface area contributed by atoms with E-state index in [1.54, 1.807) is 11.3 Å². The Bertz CT molecular complexity index is 278. The molecule has 0 spiro atoms. The van der Waals surface area contributed by atoms with Crippen LogP contribution in [0.3, 0.4) is 0 Å². The van der Waals surface area contributed by atoms with Gasteiger partial charge in [-0.2, -0.15) is 0 Å². The van der Waals surface area contributed by atoms with Gasteiger partial charge in [-0.3, -0.25) is 0 Å². The van der Waals surface area contributed by atoms with Crippen LogP contribution in [0.5, 0.6) is 0 Å². The lowest BCUT2D eigenvalue weighted by Crippen LogP contribution is -2.19. The molecular formula is C10H14BrClS. The van der Waals surface area contributed by atoms with Crippen molar-refractivity contribution in [2.24, 2.45) is 0 Å². The van der Waals surface area contributed by atoms with Gasteiger partial charge in [0.2, 0.25) is 0 Å². The number of alkyl halides is 1. The van der Waals surface area contributed by atoms with Crippen LogP contribution < -0.4 is 0 Å². The van der Waals surface area contributed by atoms with E-state index in [0.29, 0.717) is 0 Å². The van der Waals surface area contributed by atoms with Crippen LogP contribution in [0.2, 0.25) is 0 Å². The van der Waals surface area contributed by atoms with Crippen molar-refractivity contribution in [1.82, 2.24) is 0 Å². The van der Waals surface area contributed by atoms with Gasteiger partial charge in [0, 0.05) is 20.1 Å². The molecule has 0 nitrogen and oxygen atoms in total. The Morgan fingerprint density at radius 1 is 1.62 bits per heavy atom. The molecule has 1 heterocycles. The molecule has 0 aromatic carbocycles. The van der Waals surface area contributed by atoms with Gasteiger partial charge in [0.25, 0.3) is 0 Å². The summed E-state index contributed by atoms with van der Waals surface area (Å²) in [6, 6.07) is 2.10. The van der Waals surface area contributed by atoms with Crippen LogP contribution in [-0.4, -0.2) is 5.38 Å². The Balaban J connectivity index is 2.87. The van der Waals surface area contributed by atoms with E-state index >= 15 is 0 Å². The molecule has 1 atom stereocenters. The standard InChI is InChI=1S/C10H14BrClS/c1-7(12)6-10(2,3)9-8(11)4-5-13-9/h4-5,7H,6H2,1-3H3. The summed E-state index contributed by atoms with van der Waals surface area (Å²) in [5, 5.41) is 2.34. The zero-order valence-corrected chi connectivity index (χ0v) is 11.3. The van der Waals surface area contributed by atoms with Gasteiger partial charge in [0.15, 0.2) is 0 Å². The third kappa shape index (κ3) is 2.97. The van der Waals surface area contributed by atoms with Crippen LogP contribution in [0.25, 0.3) is 0 Å². The lowest BCUT2D eigenvalue weighted by Gasteiger charge is -2.25. The third-order valence-corrected chi connectivity index (χ3v) is 4.38. The molecule has 74 valence electrons. The predicted octanol–water partition coefficient (Wildman–Crippen LogP) is 4.81. The van der Waals surface area contributed by atoms with E-state index in [1.165, 1.54) is 9.35 Å². The minimum Gasteiger partial charge on any atom is -0.147 e. The Kier molecular flexibility index (Phi) is 3.84. The average molecular weight is 282 g/mol. The van der Waals surface area contributed by atoms with E-state index in [2.05, 4.69) is 41.2 Å². The molecular weight excluding hydrogens is 268 g/mol. The van der Waals surface area contributed by atoms with Gasteiger partial charge in [-0.1, -0.05) is 13.8 Å². The van der Waals surface area contributed by atoms with Crippen molar-refractivity contribution in [2.45, 2.75) is 38.0 Å². The Hall–Kier alpha value is 0.470. The van der Waals surface area contributed by atoms with Gasteiger partial charge in [-0.15, -0.1) is 22.9 Å². The fourth-order valence-corrected chi connectivity index (χ4v) is 4.01. The second-order valence-corrected chi connectivity index (χ2v) is 6.48. The van der Waals surface area contributed by atoms with Crippen molar-refractivity contribution in [3.8, 4) is 0 Å². The van der Waals surface area contributed by atoms with E-state index in [4.69, 9.17) is 11.6 Å². The van der Waals surface area contributed by atoms with Gasteiger partial charge in [-0.05, 0) is 40.7 Å². The molecule has 1 rings (SSSR count). The molecule has 13 heavy (non-hydrogen) atoms. The second kappa shape index (κ2) is 4.33. The minimum atomic E-state index is 0.175. The van der Waals surface area contributed by atoms with Gasteiger partial charge >= 0.3 is 0 Å². The zero-order chi connectivity index (χ0) is 10.1. The van der Waals surface area contributed by atoms with E-state index < -0.39 is 0 Å². The summed E-state index contributed by atoms with van der Waals surface area (Å²) in [5.74, 6) is 0. The number of thiophene rings is 1. The summed E-state index contributed by atoms with van der Waals surface area (Å²) >= 11 is 11.4. The molecule has 0 aliphatic carbocycles. The molecule has 0 radical (unpaired) electrons. The van der Waals surface area contributed by atoms with Crippen molar-refractivity contribution in [1.29, 1.82) is 0 Å². The van der Waals surface area contributed by atoms with E-state index in [1.807, 2.05) is 6.92 Å². The number of rotatable bonds is 3.